The maximum absolute atomic E-state index is 12.9. The molecule has 0 saturated heterocycles. The van der Waals surface area contributed by atoms with Gasteiger partial charge in [0.2, 0.25) is 0 Å². The van der Waals surface area contributed by atoms with Crippen molar-refractivity contribution in [1.82, 2.24) is 9.97 Å². The van der Waals surface area contributed by atoms with E-state index >= 15 is 0 Å². The molecule has 0 aliphatic heterocycles. The van der Waals surface area contributed by atoms with Crippen LogP contribution in [0.15, 0.2) is 58.5 Å². The number of aromatic nitrogens is 2. The summed E-state index contributed by atoms with van der Waals surface area (Å²) in [7, 11) is 3.06. The van der Waals surface area contributed by atoms with Crippen LogP contribution < -0.4 is 15.0 Å². The molecule has 8 heteroatoms. The Morgan fingerprint density at radius 2 is 1.90 bits per heavy atom. The summed E-state index contributed by atoms with van der Waals surface area (Å²) in [6, 6.07) is 14.9. The average molecular weight is 453 g/mol. The quantitative estimate of drug-likeness (QED) is 0.243. The van der Waals surface area contributed by atoms with E-state index in [4.69, 9.17) is 9.47 Å². The highest BCUT2D eigenvalue weighted by atomic mass is 32.2. The van der Waals surface area contributed by atoms with Crippen molar-refractivity contribution in [3.8, 4) is 22.6 Å². The van der Waals surface area contributed by atoms with Crippen molar-refractivity contribution in [1.29, 1.82) is 0 Å². The van der Waals surface area contributed by atoms with E-state index in [1.54, 1.807) is 25.3 Å². The predicted molar refractivity (Wildman–Crippen MR) is 125 cm³/mol. The average Bonchev–Trinajstić information content (AvgIpc) is 3.13. The Kier molecular flexibility index (Phi) is 6.11. The number of nitrogens with zero attached hydrogens (tertiary/aromatic N) is 1. The molecule has 4 aromatic rings. The maximum atomic E-state index is 12.9. The van der Waals surface area contributed by atoms with Gasteiger partial charge in [-0.1, -0.05) is 42.1 Å². The summed E-state index contributed by atoms with van der Waals surface area (Å²) in [4.78, 5) is 34.7. The number of ether oxygens (including phenoxy) is 2. The molecule has 0 bridgehead atoms. The lowest BCUT2D eigenvalue weighted by Gasteiger charge is -2.09. The number of H-pyrrole nitrogens is 1. The van der Waals surface area contributed by atoms with Crippen molar-refractivity contribution < 1.29 is 14.3 Å². The highest BCUT2D eigenvalue weighted by Crippen LogP contribution is 2.36. The Bertz CT molecular complexity index is 1310. The Morgan fingerprint density at radius 3 is 2.61 bits per heavy atom. The van der Waals surface area contributed by atoms with Crippen molar-refractivity contribution in [2.24, 2.45) is 0 Å². The summed E-state index contributed by atoms with van der Waals surface area (Å²) in [5, 5.41) is 1.00. The van der Waals surface area contributed by atoms with Gasteiger partial charge in [0, 0.05) is 16.5 Å². The van der Waals surface area contributed by atoms with Gasteiger partial charge in [0.05, 0.1) is 30.9 Å². The van der Waals surface area contributed by atoms with E-state index < -0.39 is 0 Å². The van der Waals surface area contributed by atoms with E-state index in [1.807, 2.05) is 37.3 Å². The number of carbonyl (C=O) groups excluding carboxylic acids is 1. The zero-order valence-electron chi connectivity index (χ0n) is 17.2. The topological polar surface area (TPSA) is 81.3 Å². The van der Waals surface area contributed by atoms with Gasteiger partial charge in [-0.3, -0.25) is 9.59 Å². The first kappa shape index (κ1) is 21.1. The highest BCUT2D eigenvalue weighted by molar-refractivity contribution is 7.99. The van der Waals surface area contributed by atoms with E-state index in [2.05, 4.69) is 9.97 Å². The van der Waals surface area contributed by atoms with Crippen molar-refractivity contribution >= 4 is 39.1 Å². The van der Waals surface area contributed by atoms with Crippen LogP contribution in [0.3, 0.4) is 0 Å². The molecule has 0 fully saturated rings. The molecule has 0 amide bonds. The smallest absolute Gasteiger partial charge is 0.260 e. The third kappa shape index (κ3) is 4.22. The van der Waals surface area contributed by atoms with E-state index in [9.17, 15) is 9.59 Å². The number of aryl methyl sites for hydroxylation is 1. The lowest BCUT2D eigenvalue weighted by Crippen LogP contribution is -2.10. The van der Waals surface area contributed by atoms with Crippen molar-refractivity contribution in [2.75, 3.05) is 20.0 Å². The minimum absolute atomic E-state index is 0.118. The minimum Gasteiger partial charge on any atom is -0.497 e. The van der Waals surface area contributed by atoms with Crippen LogP contribution >= 0.6 is 23.1 Å². The van der Waals surface area contributed by atoms with Gasteiger partial charge in [0.25, 0.3) is 5.56 Å². The second kappa shape index (κ2) is 8.95. The lowest BCUT2D eigenvalue weighted by molar-refractivity contribution is 0.101. The van der Waals surface area contributed by atoms with E-state index in [0.29, 0.717) is 32.4 Å². The summed E-state index contributed by atoms with van der Waals surface area (Å²) >= 11 is 2.68. The summed E-state index contributed by atoms with van der Waals surface area (Å²) < 4.78 is 10.5. The molecule has 0 aliphatic rings. The number of benzene rings is 2. The number of nitrogens with one attached hydrogen (secondary N) is 1. The van der Waals surface area contributed by atoms with Crippen LogP contribution in [-0.2, 0) is 0 Å². The van der Waals surface area contributed by atoms with Gasteiger partial charge in [-0.25, -0.2) is 4.98 Å². The van der Waals surface area contributed by atoms with Crippen LogP contribution in [0.4, 0.5) is 0 Å². The number of thiophene rings is 1. The van der Waals surface area contributed by atoms with Crippen molar-refractivity contribution in [3.05, 3.63) is 69.3 Å². The van der Waals surface area contributed by atoms with Gasteiger partial charge in [-0.05, 0) is 24.6 Å². The monoisotopic (exact) mass is 452 g/mol. The summed E-state index contributed by atoms with van der Waals surface area (Å²) in [6.07, 6.45) is 0. The number of rotatable bonds is 7. The van der Waals surface area contributed by atoms with Gasteiger partial charge < -0.3 is 14.5 Å². The molecule has 158 valence electrons. The Morgan fingerprint density at radius 1 is 1.13 bits per heavy atom. The molecule has 0 spiro atoms. The number of hydrogen-bond acceptors (Lipinski definition) is 7. The van der Waals surface area contributed by atoms with E-state index in [1.165, 1.54) is 30.2 Å². The van der Waals surface area contributed by atoms with Crippen molar-refractivity contribution in [3.63, 3.8) is 0 Å². The summed E-state index contributed by atoms with van der Waals surface area (Å²) in [5.41, 5.74) is 2.15. The number of carbonyl (C=O) groups is 1. The number of methoxy groups -OCH3 is 2. The second-order valence-electron chi connectivity index (χ2n) is 6.73. The normalized spacial score (nSPS) is 10.9. The molecule has 1 N–H and O–H groups in total. The molecule has 4 rings (SSSR count). The molecular weight excluding hydrogens is 432 g/mol. The molecule has 0 radical (unpaired) electrons. The van der Waals surface area contributed by atoms with Crippen LogP contribution in [0.2, 0.25) is 0 Å². The molecule has 2 aromatic heterocycles. The molecule has 6 nitrogen and oxygen atoms in total. The van der Waals surface area contributed by atoms with Gasteiger partial charge in [0.1, 0.15) is 16.3 Å². The fourth-order valence-corrected chi connectivity index (χ4v) is 5.21. The zero-order chi connectivity index (χ0) is 22.0. The largest absolute Gasteiger partial charge is 0.497 e. The Hall–Kier alpha value is -3.10. The standard InChI is InChI=1S/C23H20N2O4S2/c1-13-19(14-7-5-4-6-8-14)20-21(27)24-23(25-22(20)31-13)30-12-17(26)16-10-9-15(28-2)11-18(16)29-3/h4-11H,12H2,1-3H3,(H,24,25,27). The number of ketones is 1. The zero-order valence-corrected chi connectivity index (χ0v) is 18.9. The summed E-state index contributed by atoms with van der Waals surface area (Å²) in [6.45, 7) is 1.99. The predicted octanol–water partition coefficient (Wildman–Crippen LogP) is 4.95. The number of thioether (sulfide) groups is 1. The van der Waals surface area contributed by atoms with Crippen molar-refractivity contribution in [2.45, 2.75) is 12.1 Å². The third-order valence-electron chi connectivity index (χ3n) is 4.83. The molecule has 31 heavy (non-hydrogen) atoms. The number of hydrogen-bond donors (Lipinski definition) is 1. The molecule has 2 heterocycles. The Labute approximate surface area is 187 Å². The van der Waals surface area contributed by atoms with Gasteiger partial charge >= 0.3 is 0 Å². The first-order valence-electron chi connectivity index (χ1n) is 9.48. The fourth-order valence-electron chi connectivity index (χ4n) is 3.36. The van der Waals surface area contributed by atoms with E-state index in [0.717, 1.165) is 16.0 Å². The third-order valence-corrected chi connectivity index (χ3v) is 6.70. The van der Waals surface area contributed by atoms with Gasteiger partial charge in [-0.15, -0.1) is 11.3 Å². The van der Waals surface area contributed by atoms with Crippen LogP contribution in [-0.4, -0.2) is 35.7 Å². The number of aromatic amines is 1. The number of fused-ring (bicyclic) bond motifs is 1. The molecular formula is C23H20N2O4S2. The van der Waals surface area contributed by atoms with Crippen LogP contribution in [0.25, 0.3) is 21.3 Å². The summed E-state index contributed by atoms with van der Waals surface area (Å²) in [5.74, 6) is 1.05. The molecule has 0 aliphatic carbocycles. The molecule has 0 atom stereocenters. The number of Topliss-reactive ketones (excluding diaryl/α,β-unsaturated/α-hetero) is 1. The molecule has 2 aromatic carbocycles. The first-order chi connectivity index (χ1) is 15.0. The first-order valence-corrected chi connectivity index (χ1v) is 11.3. The van der Waals surface area contributed by atoms with Crippen LogP contribution in [0, 0.1) is 6.92 Å². The van der Waals surface area contributed by atoms with E-state index in [-0.39, 0.29) is 17.1 Å². The SMILES string of the molecule is COc1ccc(C(=O)CSc2nc3sc(C)c(-c4ccccc4)c3c(=O)[nH]2)c(OC)c1. The van der Waals surface area contributed by atoms with Gasteiger partial charge in [0.15, 0.2) is 10.9 Å². The lowest BCUT2D eigenvalue weighted by atomic mass is 10.0. The Balaban J connectivity index is 1.61. The maximum Gasteiger partial charge on any atom is 0.260 e. The molecule has 0 unspecified atom stereocenters. The minimum atomic E-state index is -0.204. The van der Waals surface area contributed by atoms with Crippen LogP contribution in [0.1, 0.15) is 15.2 Å². The molecule has 0 saturated carbocycles. The fraction of sp³-hybridized carbons (Fsp3) is 0.174. The van der Waals surface area contributed by atoms with Crippen LogP contribution in [0.5, 0.6) is 11.5 Å². The van der Waals surface area contributed by atoms with Gasteiger partial charge in [-0.2, -0.15) is 0 Å². The highest BCUT2D eigenvalue weighted by Gasteiger charge is 2.18. The second-order valence-corrected chi connectivity index (χ2v) is 8.90.